The van der Waals surface area contributed by atoms with Crippen molar-refractivity contribution < 1.29 is 9.53 Å². The molecule has 0 saturated heterocycles. The van der Waals surface area contributed by atoms with Crippen LogP contribution in [0.25, 0.3) is 0 Å². The number of halogens is 2. The largest absolute Gasteiger partial charge is 0.466 e. The second kappa shape index (κ2) is 15.7. The second-order valence-electron chi connectivity index (χ2n) is 2.18. The monoisotopic (exact) mass is 253 g/mol. The molecule has 0 N–H and O–H groups in total. The Balaban J connectivity index is -0.000000170. The third kappa shape index (κ3) is 15.9. The van der Waals surface area contributed by atoms with Gasteiger partial charge in [-0.25, -0.2) is 0 Å². The molecule has 0 atom stereocenters. The van der Waals surface area contributed by atoms with Crippen molar-refractivity contribution in [1.29, 1.82) is 0 Å². The number of nitrogens with zero attached hydrogens (tertiary/aromatic N) is 1. The molecule has 1 rings (SSSR count). The van der Waals surface area contributed by atoms with E-state index < -0.39 is 0 Å². The van der Waals surface area contributed by atoms with E-state index in [1.807, 2.05) is 18.2 Å². The van der Waals surface area contributed by atoms with Crippen LogP contribution in [0.1, 0.15) is 20.3 Å². The molecule has 1 aromatic rings. The van der Waals surface area contributed by atoms with Gasteiger partial charge in [-0.3, -0.25) is 9.78 Å². The quantitative estimate of drug-likeness (QED) is 0.762. The first-order chi connectivity index (χ1) is 6.31. The van der Waals surface area contributed by atoms with E-state index in [1.165, 1.54) is 0 Å². The molecule has 0 unspecified atom stereocenters. The number of ether oxygens (including phenoxy) is 1. The smallest absolute Gasteiger partial charge is 0.305 e. The van der Waals surface area contributed by atoms with Gasteiger partial charge in [-0.15, -0.1) is 24.8 Å². The summed E-state index contributed by atoms with van der Waals surface area (Å²) in [5, 5.41) is 0. The molecule has 0 amide bonds. The highest BCUT2D eigenvalue weighted by Crippen LogP contribution is 1.80. The number of esters is 1. The van der Waals surface area contributed by atoms with Crippen LogP contribution >= 0.6 is 24.8 Å². The number of carbonyl (C=O) groups is 1. The van der Waals surface area contributed by atoms with Crippen molar-refractivity contribution in [2.75, 3.05) is 6.61 Å². The van der Waals surface area contributed by atoms with Gasteiger partial charge in [-0.05, 0) is 19.1 Å². The van der Waals surface area contributed by atoms with Gasteiger partial charge in [-0.2, -0.15) is 0 Å². The van der Waals surface area contributed by atoms with E-state index in [9.17, 15) is 4.79 Å². The van der Waals surface area contributed by atoms with Crippen LogP contribution in [0.3, 0.4) is 0 Å². The molecule has 0 bridgehead atoms. The lowest BCUT2D eigenvalue weighted by molar-refractivity contribution is -0.142. The Morgan fingerprint density at radius 2 is 1.67 bits per heavy atom. The summed E-state index contributed by atoms with van der Waals surface area (Å²) >= 11 is 0. The molecular weight excluding hydrogens is 237 g/mol. The topological polar surface area (TPSA) is 39.2 Å². The molecule has 0 radical (unpaired) electrons. The molecule has 5 heteroatoms. The summed E-state index contributed by atoms with van der Waals surface area (Å²) in [5.74, 6) is -0.123. The van der Waals surface area contributed by atoms with Crippen molar-refractivity contribution in [3.63, 3.8) is 0 Å². The van der Waals surface area contributed by atoms with E-state index >= 15 is 0 Å². The minimum atomic E-state index is -0.123. The highest BCUT2D eigenvalue weighted by molar-refractivity contribution is 5.85. The Labute approximate surface area is 103 Å². The zero-order valence-corrected chi connectivity index (χ0v) is 10.5. The molecule has 0 aliphatic carbocycles. The first-order valence-corrected chi connectivity index (χ1v) is 4.31. The van der Waals surface area contributed by atoms with Crippen molar-refractivity contribution in [2.24, 2.45) is 0 Å². The maximum absolute atomic E-state index is 10.2. The predicted octanol–water partition coefficient (Wildman–Crippen LogP) is 2.88. The summed E-state index contributed by atoms with van der Waals surface area (Å²) in [5.41, 5.74) is 0. The molecule has 15 heavy (non-hydrogen) atoms. The van der Waals surface area contributed by atoms with Gasteiger partial charge in [0.1, 0.15) is 0 Å². The molecule has 0 aliphatic rings. The Hall–Kier alpha value is -0.800. The van der Waals surface area contributed by atoms with E-state index in [2.05, 4.69) is 9.72 Å². The molecule has 0 fully saturated rings. The zero-order valence-electron chi connectivity index (χ0n) is 8.88. The van der Waals surface area contributed by atoms with Crippen molar-refractivity contribution in [3.05, 3.63) is 30.6 Å². The summed E-state index contributed by atoms with van der Waals surface area (Å²) in [7, 11) is 0. The van der Waals surface area contributed by atoms with Crippen LogP contribution in [0.4, 0.5) is 0 Å². The maximum atomic E-state index is 10.2. The maximum Gasteiger partial charge on any atom is 0.305 e. The molecular formula is C10H17Cl2NO2. The summed E-state index contributed by atoms with van der Waals surface area (Å²) in [4.78, 5) is 14.0. The van der Waals surface area contributed by atoms with Gasteiger partial charge >= 0.3 is 5.97 Å². The van der Waals surface area contributed by atoms with E-state index in [1.54, 1.807) is 26.2 Å². The Kier molecular flexibility index (Phi) is 20.6. The lowest BCUT2D eigenvalue weighted by Crippen LogP contribution is -2.00. The van der Waals surface area contributed by atoms with Crippen molar-refractivity contribution >= 4 is 30.8 Å². The van der Waals surface area contributed by atoms with E-state index in [4.69, 9.17) is 0 Å². The standard InChI is InChI=1S/C5H5N.C5H10O2.2ClH/c1-2-4-6-5-3-1;1-3-5(6)7-4-2;;/h1-5H;3-4H2,1-2H3;2*1H. The average Bonchev–Trinajstić information content (AvgIpc) is 2.22. The number of aromatic nitrogens is 1. The molecule has 88 valence electrons. The normalized spacial score (nSPS) is 7.07. The number of hydrogen-bond donors (Lipinski definition) is 0. The van der Waals surface area contributed by atoms with Crippen molar-refractivity contribution in [1.82, 2.24) is 4.98 Å². The SMILES string of the molecule is CCOC(=O)CC.Cl.Cl.c1ccncc1. The van der Waals surface area contributed by atoms with Crippen LogP contribution in [0.2, 0.25) is 0 Å². The van der Waals surface area contributed by atoms with Gasteiger partial charge < -0.3 is 4.74 Å². The summed E-state index contributed by atoms with van der Waals surface area (Å²) < 4.78 is 4.55. The number of pyridine rings is 1. The fourth-order valence-electron chi connectivity index (χ4n) is 0.576. The highest BCUT2D eigenvalue weighted by Gasteiger charge is 1.91. The van der Waals surface area contributed by atoms with Gasteiger partial charge in [0.2, 0.25) is 0 Å². The first-order valence-electron chi connectivity index (χ1n) is 4.31. The van der Waals surface area contributed by atoms with Crippen molar-refractivity contribution in [2.45, 2.75) is 20.3 Å². The summed E-state index contributed by atoms with van der Waals surface area (Å²) in [6.45, 7) is 4.07. The fourth-order valence-corrected chi connectivity index (χ4v) is 0.576. The number of rotatable bonds is 2. The van der Waals surface area contributed by atoms with Gasteiger partial charge in [0.25, 0.3) is 0 Å². The lowest BCUT2D eigenvalue weighted by atomic mass is 10.5. The van der Waals surface area contributed by atoms with Crippen LogP contribution < -0.4 is 0 Å². The van der Waals surface area contributed by atoms with Crippen LogP contribution in [-0.4, -0.2) is 17.6 Å². The molecule has 0 saturated carbocycles. The third-order valence-corrected chi connectivity index (χ3v) is 1.16. The molecule has 0 aromatic carbocycles. The molecule has 3 nitrogen and oxygen atoms in total. The average molecular weight is 254 g/mol. The Morgan fingerprint density at radius 3 is 1.80 bits per heavy atom. The molecule has 0 aliphatic heterocycles. The summed E-state index contributed by atoms with van der Waals surface area (Å²) in [6.07, 6.45) is 3.98. The van der Waals surface area contributed by atoms with Crippen molar-refractivity contribution in [3.8, 4) is 0 Å². The number of carbonyl (C=O) groups excluding carboxylic acids is 1. The minimum absolute atomic E-state index is 0. The second-order valence-corrected chi connectivity index (χ2v) is 2.18. The Morgan fingerprint density at radius 1 is 1.13 bits per heavy atom. The Bertz CT molecular complexity index is 193. The molecule has 1 heterocycles. The fraction of sp³-hybridized carbons (Fsp3) is 0.400. The van der Waals surface area contributed by atoms with E-state index in [0.29, 0.717) is 13.0 Å². The van der Waals surface area contributed by atoms with Gasteiger partial charge in [0.15, 0.2) is 0 Å². The van der Waals surface area contributed by atoms with Crippen LogP contribution in [0, 0.1) is 0 Å². The van der Waals surface area contributed by atoms with Gasteiger partial charge in [-0.1, -0.05) is 13.0 Å². The van der Waals surface area contributed by atoms with Crippen LogP contribution in [-0.2, 0) is 9.53 Å². The van der Waals surface area contributed by atoms with E-state index in [-0.39, 0.29) is 30.8 Å². The zero-order chi connectivity index (χ0) is 9.94. The first kappa shape index (κ1) is 19.7. The van der Waals surface area contributed by atoms with Gasteiger partial charge in [0, 0.05) is 18.8 Å². The third-order valence-electron chi connectivity index (χ3n) is 1.16. The van der Waals surface area contributed by atoms with E-state index in [0.717, 1.165) is 0 Å². The summed E-state index contributed by atoms with van der Waals surface area (Å²) in [6, 6.07) is 5.72. The van der Waals surface area contributed by atoms with Crippen LogP contribution in [0.15, 0.2) is 30.6 Å². The lowest BCUT2D eigenvalue weighted by Gasteiger charge is -1.93. The number of hydrogen-bond acceptors (Lipinski definition) is 3. The molecule has 0 spiro atoms. The van der Waals surface area contributed by atoms with Crippen LogP contribution in [0.5, 0.6) is 0 Å². The highest BCUT2D eigenvalue weighted by atomic mass is 35.5. The molecule has 1 aromatic heterocycles. The minimum Gasteiger partial charge on any atom is -0.466 e. The predicted molar refractivity (Wildman–Crippen MR) is 65.7 cm³/mol. The van der Waals surface area contributed by atoms with Gasteiger partial charge in [0.05, 0.1) is 6.61 Å².